The van der Waals surface area contributed by atoms with Crippen molar-refractivity contribution in [2.45, 2.75) is 77.2 Å². The van der Waals surface area contributed by atoms with E-state index in [-0.39, 0.29) is 19.2 Å². The topological polar surface area (TPSA) is 82.1 Å². The van der Waals surface area contributed by atoms with Crippen molar-refractivity contribution < 1.29 is 28.0 Å². The summed E-state index contributed by atoms with van der Waals surface area (Å²) >= 11 is 0. The largest absolute Gasteiger partial charge is 0.472 e. The number of esters is 1. The van der Waals surface area contributed by atoms with E-state index < -0.39 is 13.9 Å². The smallest absolute Gasteiger partial charge is 0.463 e. The van der Waals surface area contributed by atoms with Crippen molar-refractivity contribution in [3.8, 4) is 0 Å². The van der Waals surface area contributed by atoms with Gasteiger partial charge in [-0.25, -0.2) is 4.57 Å². The molecule has 0 spiro atoms. The summed E-state index contributed by atoms with van der Waals surface area (Å²) in [6.07, 6.45) is 30.3. The monoisotopic (exact) mass is 466 g/mol. The molecule has 0 aromatic rings. The van der Waals surface area contributed by atoms with E-state index >= 15 is 0 Å². The Morgan fingerprint density at radius 1 is 0.906 bits per heavy atom. The fourth-order valence-electron chi connectivity index (χ4n) is 2.84. The fraction of sp³-hybridized carbons (Fsp3) is 0.560. The molecule has 1 N–H and O–H groups in total. The maximum Gasteiger partial charge on any atom is 0.472 e. The predicted molar refractivity (Wildman–Crippen MR) is 129 cm³/mol. The summed E-state index contributed by atoms with van der Waals surface area (Å²) in [6, 6.07) is 0. The summed E-state index contributed by atoms with van der Waals surface area (Å²) in [4.78, 5) is 20.7. The van der Waals surface area contributed by atoms with E-state index in [2.05, 4.69) is 72.2 Å². The van der Waals surface area contributed by atoms with Crippen LogP contribution >= 0.6 is 7.82 Å². The average molecular weight is 467 g/mol. The van der Waals surface area contributed by atoms with Crippen LogP contribution in [0.5, 0.6) is 0 Å². The van der Waals surface area contributed by atoms with Crippen molar-refractivity contribution in [2.75, 3.05) is 13.2 Å². The first-order valence-corrected chi connectivity index (χ1v) is 13.1. The third kappa shape index (κ3) is 16.9. The summed E-state index contributed by atoms with van der Waals surface area (Å²) < 4.78 is 25.4. The van der Waals surface area contributed by atoms with Crippen LogP contribution in [-0.4, -0.2) is 30.2 Å². The molecule has 1 heterocycles. The van der Waals surface area contributed by atoms with Gasteiger partial charge in [-0.05, 0) is 51.4 Å². The minimum absolute atomic E-state index is 0.0334. The summed E-state index contributed by atoms with van der Waals surface area (Å²) in [5, 5.41) is 0. The second-order valence-corrected chi connectivity index (χ2v) is 8.89. The number of rotatable bonds is 17. The molecule has 0 saturated carbocycles. The third-order valence-corrected chi connectivity index (χ3v) is 5.59. The molecule has 2 atom stereocenters. The molecule has 1 fully saturated rings. The first-order chi connectivity index (χ1) is 15.5. The quantitative estimate of drug-likeness (QED) is 0.111. The minimum atomic E-state index is -3.93. The van der Waals surface area contributed by atoms with Gasteiger partial charge < -0.3 is 9.63 Å². The second kappa shape index (κ2) is 18.8. The molecule has 7 heteroatoms. The molecule has 32 heavy (non-hydrogen) atoms. The Hall–Kier alpha value is -1.72. The number of hydrogen-bond donors (Lipinski definition) is 1. The van der Waals surface area contributed by atoms with Crippen LogP contribution in [0.4, 0.5) is 0 Å². The summed E-state index contributed by atoms with van der Waals surface area (Å²) in [7, 11) is -3.93. The molecule has 0 aromatic carbocycles. The zero-order valence-electron chi connectivity index (χ0n) is 19.3. The fourth-order valence-corrected chi connectivity index (χ4v) is 3.75. The van der Waals surface area contributed by atoms with Gasteiger partial charge in [0.2, 0.25) is 0 Å². The van der Waals surface area contributed by atoms with Crippen molar-refractivity contribution >= 4 is 13.8 Å². The van der Waals surface area contributed by atoms with Crippen LogP contribution in [0.25, 0.3) is 0 Å². The molecule has 1 aliphatic heterocycles. The lowest BCUT2D eigenvalue weighted by Crippen LogP contribution is -2.20. The van der Waals surface area contributed by atoms with Gasteiger partial charge in [-0.3, -0.25) is 13.8 Å². The van der Waals surface area contributed by atoms with Crippen molar-refractivity contribution in [3.63, 3.8) is 0 Å². The first-order valence-electron chi connectivity index (χ1n) is 11.6. The standard InChI is InChI=1S/C25H39O6P/c1-2-3-4-5-6-7-8-9-10-11-12-13-14-15-16-17-18-19-20-21-25(26)29-22-24-23-30-32(27,28)31-24/h3-4,6-7,9-10,12-13,15-16,24H,2,5,8,11,14,17-23H2,1H3,(H,27,28)/b4-3-,7-6-,10-9-,13-12-,16-15-. The van der Waals surface area contributed by atoms with Gasteiger partial charge in [-0.1, -0.05) is 74.1 Å². The van der Waals surface area contributed by atoms with Crippen LogP contribution in [0.1, 0.15) is 71.1 Å². The second-order valence-electron chi connectivity index (χ2n) is 7.48. The van der Waals surface area contributed by atoms with Crippen molar-refractivity contribution in [2.24, 2.45) is 0 Å². The molecular formula is C25H39O6P. The summed E-state index contributed by atoms with van der Waals surface area (Å²) in [5.41, 5.74) is 0. The van der Waals surface area contributed by atoms with Gasteiger partial charge in [0.15, 0.2) is 0 Å². The summed E-state index contributed by atoms with van der Waals surface area (Å²) in [6.45, 7) is 2.06. The maximum absolute atomic E-state index is 11.7. The molecule has 1 saturated heterocycles. The third-order valence-electron chi connectivity index (χ3n) is 4.55. The average Bonchev–Trinajstić information content (AvgIpc) is 3.12. The lowest BCUT2D eigenvalue weighted by atomic mass is 10.1. The van der Waals surface area contributed by atoms with Gasteiger partial charge in [-0.2, -0.15) is 0 Å². The Kier molecular flexibility index (Phi) is 16.6. The Morgan fingerprint density at radius 2 is 1.47 bits per heavy atom. The number of unbranched alkanes of at least 4 members (excludes halogenated alkanes) is 3. The van der Waals surface area contributed by atoms with E-state index in [0.717, 1.165) is 57.8 Å². The van der Waals surface area contributed by atoms with Crippen LogP contribution in [0.2, 0.25) is 0 Å². The van der Waals surface area contributed by atoms with Crippen LogP contribution in [0, 0.1) is 0 Å². The number of phosphoric acid groups is 1. The van der Waals surface area contributed by atoms with Crippen molar-refractivity contribution in [3.05, 3.63) is 60.8 Å². The highest BCUT2D eigenvalue weighted by molar-refractivity contribution is 7.47. The number of ether oxygens (including phenoxy) is 1. The number of phosphoric ester groups is 1. The van der Waals surface area contributed by atoms with Crippen LogP contribution in [0.3, 0.4) is 0 Å². The van der Waals surface area contributed by atoms with Gasteiger partial charge in [0.05, 0.1) is 6.61 Å². The molecule has 0 aromatic heterocycles. The highest BCUT2D eigenvalue weighted by atomic mass is 31.2. The lowest BCUT2D eigenvalue weighted by molar-refractivity contribution is -0.146. The zero-order chi connectivity index (χ0) is 23.3. The lowest BCUT2D eigenvalue weighted by Gasteiger charge is -2.08. The molecule has 0 amide bonds. The van der Waals surface area contributed by atoms with E-state index in [1.54, 1.807) is 0 Å². The molecule has 1 aliphatic rings. The van der Waals surface area contributed by atoms with Crippen LogP contribution in [-0.2, 0) is 23.1 Å². The van der Waals surface area contributed by atoms with Crippen molar-refractivity contribution in [1.82, 2.24) is 0 Å². The summed E-state index contributed by atoms with van der Waals surface area (Å²) in [5.74, 6) is -0.317. The van der Waals surface area contributed by atoms with Gasteiger partial charge in [0, 0.05) is 6.42 Å². The van der Waals surface area contributed by atoms with E-state index in [9.17, 15) is 9.36 Å². The normalized spacial score (nSPS) is 21.9. The van der Waals surface area contributed by atoms with Crippen LogP contribution < -0.4 is 0 Å². The predicted octanol–water partition coefficient (Wildman–Crippen LogP) is 6.75. The molecule has 0 radical (unpaired) electrons. The maximum atomic E-state index is 11.7. The number of hydrogen-bond acceptors (Lipinski definition) is 5. The number of allylic oxidation sites excluding steroid dienone is 10. The Bertz CT molecular complexity index is 693. The van der Waals surface area contributed by atoms with Gasteiger partial charge in [0.1, 0.15) is 12.7 Å². The highest BCUT2D eigenvalue weighted by Crippen LogP contribution is 2.49. The van der Waals surface area contributed by atoms with Crippen LogP contribution in [0.15, 0.2) is 60.8 Å². The SMILES string of the molecule is CC/C=C\C/C=C\C/C=C\C/C=C\C/C=C\CCCCCC(=O)OCC1COP(=O)(O)O1. The Morgan fingerprint density at radius 3 is 2.00 bits per heavy atom. The number of carbonyl (C=O) groups is 1. The Balaban J connectivity index is 1.90. The molecule has 1 rings (SSSR count). The molecule has 0 aliphatic carbocycles. The first kappa shape index (κ1) is 28.3. The highest BCUT2D eigenvalue weighted by Gasteiger charge is 2.35. The molecule has 180 valence electrons. The van der Waals surface area contributed by atoms with Gasteiger partial charge in [0.25, 0.3) is 0 Å². The molecule has 6 nitrogen and oxygen atoms in total. The van der Waals surface area contributed by atoms with E-state index in [0.29, 0.717) is 6.42 Å². The van der Waals surface area contributed by atoms with Gasteiger partial charge in [-0.15, -0.1) is 0 Å². The number of carbonyl (C=O) groups excluding carboxylic acids is 1. The molecular weight excluding hydrogens is 427 g/mol. The van der Waals surface area contributed by atoms with E-state index in [4.69, 9.17) is 14.2 Å². The Labute approximate surface area is 193 Å². The van der Waals surface area contributed by atoms with E-state index in [1.807, 2.05) is 0 Å². The van der Waals surface area contributed by atoms with Crippen molar-refractivity contribution in [1.29, 1.82) is 0 Å². The zero-order valence-corrected chi connectivity index (χ0v) is 20.2. The minimum Gasteiger partial charge on any atom is -0.463 e. The van der Waals surface area contributed by atoms with E-state index in [1.165, 1.54) is 0 Å². The molecule has 2 unspecified atom stereocenters. The molecule has 0 bridgehead atoms. The van der Waals surface area contributed by atoms with Gasteiger partial charge >= 0.3 is 13.8 Å².